The molecule has 2 aliphatic rings. The van der Waals surface area contributed by atoms with Gasteiger partial charge in [-0.3, -0.25) is 0 Å². The first-order valence-corrected chi connectivity index (χ1v) is 6.99. The van der Waals surface area contributed by atoms with E-state index in [1.165, 1.54) is 37.2 Å². The summed E-state index contributed by atoms with van der Waals surface area (Å²) in [6.45, 7) is 4.47. The fourth-order valence-electron chi connectivity index (χ4n) is 2.95. The number of likely N-dealkylation sites (tertiary alicyclic amines) is 1. The first-order valence-electron chi connectivity index (χ1n) is 6.99. The maximum atomic E-state index is 5.54. The summed E-state index contributed by atoms with van der Waals surface area (Å²) >= 11 is 0. The fourth-order valence-corrected chi connectivity index (χ4v) is 2.95. The highest BCUT2D eigenvalue weighted by Gasteiger charge is 2.20. The molecule has 0 bridgehead atoms. The average Bonchev–Trinajstić information content (AvgIpc) is 3.04. The van der Waals surface area contributed by atoms with Crippen molar-refractivity contribution in [2.45, 2.75) is 25.3 Å². The average molecular weight is 283 g/mol. The van der Waals surface area contributed by atoms with Crippen molar-refractivity contribution >= 4 is 12.4 Å². The van der Waals surface area contributed by atoms with Gasteiger partial charge >= 0.3 is 0 Å². The van der Waals surface area contributed by atoms with Crippen LogP contribution < -0.4 is 10.1 Å². The van der Waals surface area contributed by atoms with Gasteiger partial charge in [-0.2, -0.15) is 0 Å². The van der Waals surface area contributed by atoms with Crippen LogP contribution in [0.1, 0.15) is 17.5 Å². The lowest BCUT2D eigenvalue weighted by molar-refractivity contribution is 0.334. The number of nitrogens with zero attached hydrogens (tertiary/aromatic N) is 1. The Morgan fingerprint density at radius 3 is 3.11 bits per heavy atom. The summed E-state index contributed by atoms with van der Waals surface area (Å²) in [7, 11) is 2.06. The van der Waals surface area contributed by atoms with Crippen molar-refractivity contribution in [3.05, 3.63) is 29.3 Å². The molecule has 1 fully saturated rings. The summed E-state index contributed by atoms with van der Waals surface area (Å²) in [5.41, 5.74) is 2.84. The Hall–Kier alpha value is -0.770. The van der Waals surface area contributed by atoms with Crippen molar-refractivity contribution in [1.29, 1.82) is 0 Å². The summed E-state index contributed by atoms with van der Waals surface area (Å²) in [4.78, 5) is 2.56. The Morgan fingerprint density at radius 2 is 2.32 bits per heavy atom. The molecular formula is C15H23ClN2O. The third-order valence-electron chi connectivity index (χ3n) is 4.15. The van der Waals surface area contributed by atoms with Crippen LogP contribution in [-0.2, 0) is 12.8 Å². The number of ether oxygens (including phenoxy) is 1. The predicted octanol–water partition coefficient (Wildman–Crippen LogP) is 1.88. The molecule has 1 saturated heterocycles. The highest BCUT2D eigenvalue weighted by Crippen LogP contribution is 2.26. The second-order valence-electron chi connectivity index (χ2n) is 5.37. The molecule has 3 rings (SSSR count). The molecule has 3 nitrogen and oxygen atoms in total. The largest absolute Gasteiger partial charge is 0.493 e. The van der Waals surface area contributed by atoms with E-state index in [2.05, 4.69) is 35.5 Å². The Morgan fingerprint density at radius 1 is 1.42 bits per heavy atom. The minimum atomic E-state index is 0. The number of nitrogens with one attached hydrogen (secondary N) is 1. The summed E-state index contributed by atoms with van der Waals surface area (Å²) < 4.78 is 5.54. The molecule has 2 heterocycles. The minimum absolute atomic E-state index is 0. The lowest BCUT2D eigenvalue weighted by Gasteiger charge is -2.15. The quantitative estimate of drug-likeness (QED) is 0.913. The standard InChI is InChI=1S/C15H22N2O.ClH/c1-16-14-5-8-17(11-14)7-4-12-2-3-15-13(10-12)6-9-18-15;/h2-3,10,14,16H,4-9,11H2,1H3;1H. The van der Waals surface area contributed by atoms with Crippen molar-refractivity contribution in [3.8, 4) is 5.75 Å². The van der Waals surface area contributed by atoms with Crippen LogP contribution in [-0.4, -0.2) is 44.2 Å². The molecule has 1 unspecified atom stereocenters. The van der Waals surface area contributed by atoms with Gasteiger partial charge < -0.3 is 15.0 Å². The highest BCUT2D eigenvalue weighted by molar-refractivity contribution is 5.85. The van der Waals surface area contributed by atoms with Crippen molar-refractivity contribution in [2.75, 3.05) is 33.3 Å². The molecule has 1 atom stereocenters. The number of likely N-dealkylation sites (N-methyl/N-ethyl adjacent to an activating group) is 1. The second-order valence-corrected chi connectivity index (χ2v) is 5.37. The van der Waals surface area contributed by atoms with Gasteiger partial charge in [-0.25, -0.2) is 0 Å². The molecule has 2 aliphatic heterocycles. The number of rotatable bonds is 4. The van der Waals surface area contributed by atoms with Crippen LogP contribution in [0.5, 0.6) is 5.75 Å². The Bertz CT molecular complexity index is 425. The maximum absolute atomic E-state index is 5.54. The molecular weight excluding hydrogens is 260 g/mol. The van der Waals surface area contributed by atoms with Crippen LogP contribution in [0.2, 0.25) is 0 Å². The summed E-state index contributed by atoms with van der Waals surface area (Å²) in [5, 5.41) is 3.37. The maximum Gasteiger partial charge on any atom is 0.122 e. The number of halogens is 1. The Kier molecular flexibility index (Phi) is 5.08. The van der Waals surface area contributed by atoms with Crippen LogP contribution in [0.4, 0.5) is 0 Å². The van der Waals surface area contributed by atoms with Gasteiger partial charge in [0.05, 0.1) is 6.61 Å². The van der Waals surface area contributed by atoms with E-state index in [0.29, 0.717) is 6.04 Å². The predicted molar refractivity (Wildman–Crippen MR) is 80.5 cm³/mol. The first kappa shape index (κ1) is 14.6. The summed E-state index contributed by atoms with van der Waals surface area (Å²) in [6, 6.07) is 7.38. The summed E-state index contributed by atoms with van der Waals surface area (Å²) in [5.74, 6) is 1.09. The van der Waals surface area contributed by atoms with Gasteiger partial charge in [0.2, 0.25) is 0 Å². The normalized spacial score (nSPS) is 21.8. The van der Waals surface area contributed by atoms with Gasteiger partial charge in [0.25, 0.3) is 0 Å². The topological polar surface area (TPSA) is 24.5 Å². The molecule has 1 aromatic carbocycles. The SMILES string of the molecule is CNC1CCN(CCc2ccc3c(c2)CCO3)C1.Cl. The van der Waals surface area contributed by atoms with E-state index >= 15 is 0 Å². The third-order valence-corrected chi connectivity index (χ3v) is 4.15. The second kappa shape index (κ2) is 6.60. The lowest BCUT2D eigenvalue weighted by Crippen LogP contribution is -2.30. The van der Waals surface area contributed by atoms with Crippen LogP contribution in [0.15, 0.2) is 18.2 Å². The number of benzene rings is 1. The van der Waals surface area contributed by atoms with Crippen molar-refractivity contribution in [1.82, 2.24) is 10.2 Å². The van der Waals surface area contributed by atoms with E-state index in [9.17, 15) is 0 Å². The molecule has 0 radical (unpaired) electrons. The number of hydrogen-bond acceptors (Lipinski definition) is 3. The van der Waals surface area contributed by atoms with Crippen LogP contribution in [0, 0.1) is 0 Å². The number of hydrogen-bond donors (Lipinski definition) is 1. The van der Waals surface area contributed by atoms with Gasteiger partial charge in [-0.05, 0) is 43.6 Å². The van der Waals surface area contributed by atoms with Crippen LogP contribution in [0.25, 0.3) is 0 Å². The molecule has 0 aromatic heterocycles. The molecule has 4 heteroatoms. The van der Waals surface area contributed by atoms with Gasteiger partial charge in [0.1, 0.15) is 5.75 Å². The molecule has 19 heavy (non-hydrogen) atoms. The van der Waals surface area contributed by atoms with Gasteiger partial charge in [-0.15, -0.1) is 12.4 Å². The fraction of sp³-hybridized carbons (Fsp3) is 0.600. The van der Waals surface area contributed by atoms with E-state index in [0.717, 1.165) is 25.2 Å². The van der Waals surface area contributed by atoms with E-state index < -0.39 is 0 Å². The monoisotopic (exact) mass is 282 g/mol. The zero-order valence-corrected chi connectivity index (χ0v) is 12.3. The van der Waals surface area contributed by atoms with Gasteiger partial charge in [0, 0.05) is 25.6 Å². The third kappa shape index (κ3) is 3.41. The zero-order valence-electron chi connectivity index (χ0n) is 11.5. The van der Waals surface area contributed by atoms with Crippen LogP contribution in [0.3, 0.4) is 0 Å². The van der Waals surface area contributed by atoms with E-state index in [4.69, 9.17) is 4.74 Å². The van der Waals surface area contributed by atoms with E-state index in [1.54, 1.807) is 0 Å². The lowest BCUT2D eigenvalue weighted by atomic mass is 10.1. The first-order chi connectivity index (χ1) is 8.85. The highest BCUT2D eigenvalue weighted by atomic mass is 35.5. The van der Waals surface area contributed by atoms with E-state index in [1.807, 2.05) is 0 Å². The smallest absolute Gasteiger partial charge is 0.122 e. The van der Waals surface area contributed by atoms with Gasteiger partial charge in [0.15, 0.2) is 0 Å². The van der Waals surface area contributed by atoms with Gasteiger partial charge in [-0.1, -0.05) is 12.1 Å². The number of fused-ring (bicyclic) bond motifs is 1. The van der Waals surface area contributed by atoms with Crippen molar-refractivity contribution in [2.24, 2.45) is 0 Å². The minimum Gasteiger partial charge on any atom is -0.493 e. The van der Waals surface area contributed by atoms with Crippen LogP contribution >= 0.6 is 12.4 Å². The Labute approximate surface area is 121 Å². The zero-order chi connectivity index (χ0) is 12.4. The molecule has 0 aliphatic carbocycles. The van der Waals surface area contributed by atoms with Crippen molar-refractivity contribution in [3.63, 3.8) is 0 Å². The molecule has 1 N–H and O–H groups in total. The molecule has 1 aromatic rings. The summed E-state index contributed by atoms with van der Waals surface area (Å²) in [6.07, 6.45) is 3.52. The Balaban J connectivity index is 0.00000133. The molecule has 0 spiro atoms. The van der Waals surface area contributed by atoms with E-state index in [-0.39, 0.29) is 12.4 Å². The molecule has 0 amide bonds. The molecule has 106 valence electrons. The van der Waals surface area contributed by atoms with Crippen molar-refractivity contribution < 1.29 is 4.74 Å². The molecule has 0 saturated carbocycles.